The molecule has 0 aromatic heterocycles. The van der Waals surface area contributed by atoms with Gasteiger partial charge in [0.1, 0.15) is 18.2 Å². The van der Waals surface area contributed by atoms with Gasteiger partial charge in [-0.05, 0) is 24.9 Å². The van der Waals surface area contributed by atoms with E-state index in [1.807, 2.05) is 30.3 Å². The van der Waals surface area contributed by atoms with Crippen molar-refractivity contribution in [2.45, 2.75) is 50.0 Å². The SMILES string of the molecule is COC(=O)[C@@H]1CCCN1[C@@H]1CO[C@H](OCc2ccccc2)[C@H]2O[C@H]21. The highest BCUT2D eigenvalue weighted by Gasteiger charge is 2.58. The van der Waals surface area contributed by atoms with Crippen molar-refractivity contribution < 1.29 is 23.7 Å². The van der Waals surface area contributed by atoms with Gasteiger partial charge in [-0.15, -0.1) is 0 Å². The van der Waals surface area contributed by atoms with Gasteiger partial charge in [-0.25, -0.2) is 0 Å². The van der Waals surface area contributed by atoms with E-state index in [1.165, 1.54) is 7.11 Å². The molecule has 0 saturated carbocycles. The predicted molar refractivity (Wildman–Crippen MR) is 85.2 cm³/mol. The van der Waals surface area contributed by atoms with Crippen LogP contribution in [0, 0.1) is 0 Å². The van der Waals surface area contributed by atoms with Crippen molar-refractivity contribution in [2.24, 2.45) is 0 Å². The Morgan fingerprint density at radius 1 is 1.29 bits per heavy atom. The van der Waals surface area contributed by atoms with Crippen LogP contribution in [0.1, 0.15) is 18.4 Å². The zero-order valence-electron chi connectivity index (χ0n) is 13.8. The number of rotatable bonds is 5. The van der Waals surface area contributed by atoms with Crippen LogP contribution in [0.3, 0.4) is 0 Å². The second kappa shape index (κ2) is 6.80. The molecule has 0 aliphatic carbocycles. The molecule has 3 saturated heterocycles. The van der Waals surface area contributed by atoms with Crippen molar-refractivity contribution in [1.82, 2.24) is 4.90 Å². The van der Waals surface area contributed by atoms with Gasteiger partial charge in [0.25, 0.3) is 0 Å². The van der Waals surface area contributed by atoms with E-state index < -0.39 is 0 Å². The zero-order chi connectivity index (χ0) is 16.5. The van der Waals surface area contributed by atoms with Crippen molar-refractivity contribution >= 4 is 5.97 Å². The Morgan fingerprint density at radius 3 is 2.92 bits per heavy atom. The minimum absolute atomic E-state index is 0.0358. The van der Waals surface area contributed by atoms with E-state index in [1.54, 1.807) is 0 Å². The molecule has 0 amide bonds. The molecule has 3 fully saturated rings. The summed E-state index contributed by atoms with van der Waals surface area (Å²) in [5.41, 5.74) is 1.12. The van der Waals surface area contributed by atoms with E-state index in [-0.39, 0.29) is 36.6 Å². The van der Waals surface area contributed by atoms with Gasteiger partial charge in [0.15, 0.2) is 6.29 Å². The van der Waals surface area contributed by atoms with Gasteiger partial charge >= 0.3 is 5.97 Å². The maximum absolute atomic E-state index is 11.9. The molecule has 6 nitrogen and oxygen atoms in total. The Bertz CT molecular complexity index is 580. The molecule has 5 atom stereocenters. The summed E-state index contributed by atoms with van der Waals surface area (Å²) in [5, 5.41) is 0. The Morgan fingerprint density at radius 2 is 2.12 bits per heavy atom. The average molecular weight is 333 g/mol. The van der Waals surface area contributed by atoms with Gasteiger partial charge in [-0.2, -0.15) is 0 Å². The minimum Gasteiger partial charge on any atom is -0.468 e. The van der Waals surface area contributed by atoms with Crippen LogP contribution in [-0.4, -0.2) is 61.7 Å². The van der Waals surface area contributed by atoms with Gasteiger partial charge in [0, 0.05) is 0 Å². The highest BCUT2D eigenvalue weighted by atomic mass is 16.7. The second-order valence-electron chi connectivity index (χ2n) is 6.55. The van der Waals surface area contributed by atoms with Gasteiger partial charge in [-0.1, -0.05) is 30.3 Å². The third-order valence-corrected chi connectivity index (χ3v) is 5.09. The van der Waals surface area contributed by atoms with Crippen LogP contribution in [0.15, 0.2) is 30.3 Å². The summed E-state index contributed by atoms with van der Waals surface area (Å²) in [5.74, 6) is -0.160. The van der Waals surface area contributed by atoms with Gasteiger partial charge < -0.3 is 18.9 Å². The fourth-order valence-electron chi connectivity index (χ4n) is 3.80. The summed E-state index contributed by atoms with van der Waals surface area (Å²) in [6.45, 7) is 1.92. The molecule has 3 aliphatic rings. The molecule has 3 aliphatic heterocycles. The molecule has 1 aromatic rings. The highest BCUT2D eigenvalue weighted by Crippen LogP contribution is 2.39. The zero-order valence-corrected chi connectivity index (χ0v) is 13.8. The number of ether oxygens (including phenoxy) is 4. The summed E-state index contributed by atoms with van der Waals surface area (Å²) in [7, 11) is 1.44. The van der Waals surface area contributed by atoms with Crippen LogP contribution in [0.4, 0.5) is 0 Å². The summed E-state index contributed by atoms with van der Waals surface area (Å²) >= 11 is 0. The number of carbonyl (C=O) groups is 1. The standard InChI is InChI=1S/C18H23NO5/c1-21-17(20)13-8-5-9-19(13)14-11-23-18(16-15(14)24-16)22-10-12-6-3-2-4-7-12/h2-4,6-7,13-16,18H,5,8-11H2,1H3/t13-,14+,15-,16-,18-/m0/s1. The summed E-state index contributed by atoms with van der Waals surface area (Å²) in [4.78, 5) is 14.1. The summed E-state index contributed by atoms with van der Waals surface area (Å²) in [6, 6.07) is 9.97. The fraction of sp³-hybridized carbons (Fsp3) is 0.611. The van der Waals surface area contributed by atoms with Crippen LogP contribution < -0.4 is 0 Å². The Labute approximate surface area is 141 Å². The first-order valence-corrected chi connectivity index (χ1v) is 8.54. The van der Waals surface area contributed by atoms with Gasteiger partial charge in [0.2, 0.25) is 0 Å². The number of carbonyl (C=O) groups excluding carboxylic acids is 1. The van der Waals surface area contributed by atoms with Crippen LogP contribution >= 0.6 is 0 Å². The average Bonchev–Trinajstić information content (AvgIpc) is 3.29. The number of likely N-dealkylation sites (tertiary alicyclic amines) is 1. The second-order valence-corrected chi connectivity index (χ2v) is 6.55. The van der Waals surface area contributed by atoms with Crippen molar-refractivity contribution in [3.8, 4) is 0 Å². The van der Waals surface area contributed by atoms with E-state index in [0.29, 0.717) is 13.2 Å². The van der Waals surface area contributed by atoms with E-state index in [9.17, 15) is 4.79 Å². The number of methoxy groups -OCH3 is 1. The Hall–Kier alpha value is -1.47. The quantitative estimate of drug-likeness (QED) is 0.598. The van der Waals surface area contributed by atoms with E-state index in [4.69, 9.17) is 18.9 Å². The first-order valence-electron chi connectivity index (χ1n) is 8.54. The molecule has 0 bridgehead atoms. The van der Waals surface area contributed by atoms with E-state index in [2.05, 4.69) is 4.90 Å². The van der Waals surface area contributed by atoms with E-state index >= 15 is 0 Å². The molecule has 0 N–H and O–H groups in total. The van der Waals surface area contributed by atoms with Crippen LogP contribution in [0.25, 0.3) is 0 Å². The van der Waals surface area contributed by atoms with Crippen LogP contribution in [-0.2, 0) is 30.3 Å². The molecule has 0 unspecified atom stereocenters. The summed E-state index contributed by atoms with van der Waals surface area (Å²) in [6.07, 6.45) is 1.57. The molecule has 6 heteroatoms. The lowest BCUT2D eigenvalue weighted by atomic mass is 10.1. The number of esters is 1. The van der Waals surface area contributed by atoms with Gasteiger partial charge in [0.05, 0.1) is 26.4 Å². The van der Waals surface area contributed by atoms with Crippen molar-refractivity contribution in [3.63, 3.8) is 0 Å². The molecular weight excluding hydrogens is 310 g/mol. The monoisotopic (exact) mass is 333 g/mol. The normalized spacial score (nSPS) is 35.5. The number of epoxide rings is 1. The predicted octanol–water partition coefficient (Wildman–Crippen LogP) is 1.33. The fourth-order valence-corrected chi connectivity index (χ4v) is 3.80. The van der Waals surface area contributed by atoms with Crippen LogP contribution in [0.2, 0.25) is 0 Å². The largest absolute Gasteiger partial charge is 0.468 e. The first kappa shape index (κ1) is 16.0. The topological polar surface area (TPSA) is 60.5 Å². The van der Waals surface area contributed by atoms with Crippen molar-refractivity contribution in [3.05, 3.63) is 35.9 Å². The van der Waals surface area contributed by atoms with Crippen molar-refractivity contribution in [1.29, 1.82) is 0 Å². The first-order chi connectivity index (χ1) is 11.8. The molecular formula is C18H23NO5. The Kier molecular flexibility index (Phi) is 4.54. The number of benzene rings is 1. The van der Waals surface area contributed by atoms with Crippen LogP contribution in [0.5, 0.6) is 0 Å². The Balaban J connectivity index is 1.33. The van der Waals surface area contributed by atoms with Gasteiger partial charge in [-0.3, -0.25) is 9.69 Å². The minimum atomic E-state index is -0.328. The number of nitrogens with zero attached hydrogens (tertiary/aromatic N) is 1. The third kappa shape index (κ3) is 3.07. The summed E-state index contributed by atoms with van der Waals surface area (Å²) < 4.78 is 22.5. The maximum Gasteiger partial charge on any atom is 0.323 e. The third-order valence-electron chi connectivity index (χ3n) is 5.09. The molecule has 130 valence electrons. The lowest BCUT2D eigenvalue weighted by Gasteiger charge is -2.34. The van der Waals surface area contributed by atoms with E-state index in [0.717, 1.165) is 24.9 Å². The lowest BCUT2D eigenvalue weighted by Crippen LogP contribution is -2.52. The maximum atomic E-state index is 11.9. The molecule has 0 radical (unpaired) electrons. The molecule has 24 heavy (non-hydrogen) atoms. The molecule has 3 heterocycles. The number of hydrogen-bond acceptors (Lipinski definition) is 6. The van der Waals surface area contributed by atoms with Crippen molar-refractivity contribution in [2.75, 3.05) is 20.3 Å². The lowest BCUT2D eigenvalue weighted by molar-refractivity contribution is -0.178. The molecule has 0 spiro atoms. The molecule has 1 aromatic carbocycles. The number of hydrogen-bond donors (Lipinski definition) is 0. The highest BCUT2D eigenvalue weighted by molar-refractivity contribution is 5.76. The number of fused-ring (bicyclic) bond motifs is 1. The smallest absolute Gasteiger partial charge is 0.323 e. The molecule has 4 rings (SSSR count).